The first-order chi connectivity index (χ1) is 6.86. The maximum Gasteiger partial charge on any atom is 0.175 e. The lowest BCUT2D eigenvalue weighted by molar-refractivity contribution is 0.182. The summed E-state index contributed by atoms with van der Waals surface area (Å²) in [4.78, 5) is 0.00738. The molecule has 1 unspecified atom stereocenters. The van der Waals surface area contributed by atoms with Crippen molar-refractivity contribution < 1.29 is 18.6 Å². The summed E-state index contributed by atoms with van der Waals surface area (Å²) in [5.41, 5.74) is 5.44. The van der Waals surface area contributed by atoms with Crippen LogP contribution in [0.1, 0.15) is 11.7 Å². The molecule has 84 valence electrons. The van der Waals surface area contributed by atoms with E-state index in [4.69, 9.17) is 5.73 Å². The van der Waals surface area contributed by atoms with Gasteiger partial charge in [0.2, 0.25) is 0 Å². The van der Waals surface area contributed by atoms with Crippen molar-refractivity contribution in [3.05, 3.63) is 23.8 Å². The number of sulfone groups is 1. The molecule has 0 heterocycles. The number of rotatable bonds is 3. The molecule has 0 amide bonds. The van der Waals surface area contributed by atoms with Gasteiger partial charge in [-0.25, -0.2) is 8.42 Å². The van der Waals surface area contributed by atoms with Crippen molar-refractivity contribution in [2.75, 3.05) is 12.8 Å². The van der Waals surface area contributed by atoms with Crippen molar-refractivity contribution >= 4 is 9.84 Å². The fourth-order valence-electron chi connectivity index (χ4n) is 1.16. The van der Waals surface area contributed by atoms with E-state index < -0.39 is 15.9 Å². The van der Waals surface area contributed by atoms with Crippen LogP contribution in [0.25, 0.3) is 0 Å². The molecule has 0 fully saturated rings. The van der Waals surface area contributed by atoms with Gasteiger partial charge in [-0.1, -0.05) is 6.07 Å². The van der Waals surface area contributed by atoms with E-state index in [9.17, 15) is 18.6 Å². The Morgan fingerprint density at radius 3 is 2.47 bits per heavy atom. The van der Waals surface area contributed by atoms with Gasteiger partial charge in [0.15, 0.2) is 9.84 Å². The molecule has 15 heavy (non-hydrogen) atoms. The molecule has 1 aromatic carbocycles. The Morgan fingerprint density at radius 2 is 2.07 bits per heavy atom. The topological polar surface area (TPSA) is 101 Å². The fraction of sp³-hybridized carbons (Fsp3) is 0.333. The maximum atomic E-state index is 11.1. The Labute approximate surface area is 88.1 Å². The Hall–Kier alpha value is -1.11. The van der Waals surface area contributed by atoms with Crippen LogP contribution >= 0.6 is 0 Å². The second-order valence-corrected chi connectivity index (χ2v) is 5.26. The van der Waals surface area contributed by atoms with Gasteiger partial charge in [-0.2, -0.15) is 0 Å². The van der Waals surface area contributed by atoms with Crippen molar-refractivity contribution in [3.63, 3.8) is 0 Å². The van der Waals surface area contributed by atoms with E-state index in [1.165, 1.54) is 12.1 Å². The molecule has 0 saturated carbocycles. The van der Waals surface area contributed by atoms with Crippen LogP contribution in [0.2, 0.25) is 0 Å². The molecule has 0 aliphatic rings. The van der Waals surface area contributed by atoms with Crippen LogP contribution in [-0.4, -0.2) is 31.4 Å². The normalized spacial score (nSPS) is 13.8. The highest BCUT2D eigenvalue weighted by molar-refractivity contribution is 7.90. The molecular weight excluding hydrogens is 218 g/mol. The largest absolute Gasteiger partial charge is 0.508 e. The van der Waals surface area contributed by atoms with Gasteiger partial charge < -0.3 is 15.9 Å². The first-order valence-corrected chi connectivity index (χ1v) is 6.16. The Morgan fingerprint density at radius 1 is 1.47 bits per heavy atom. The molecule has 0 bridgehead atoms. The first-order valence-electron chi connectivity index (χ1n) is 4.27. The number of benzene rings is 1. The van der Waals surface area contributed by atoms with E-state index in [0.29, 0.717) is 0 Å². The zero-order valence-electron chi connectivity index (χ0n) is 8.21. The van der Waals surface area contributed by atoms with Crippen LogP contribution in [0.15, 0.2) is 23.1 Å². The summed E-state index contributed by atoms with van der Waals surface area (Å²) >= 11 is 0. The zero-order valence-corrected chi connectivity index (χ0v) is 9.03. The van der Waals surface area contributed by atoms with Gasteiger partial charge in [0.05, 0.1) is 11.0 Å². The van der Waals surface area contributed by atoms with E-state index >= 15 is 0 Å². The van der Waals surface area contributed by atoms with E-state index in [2.05, 4.69) is 0 Å². The van der Waals surface area contributed by atoms with E-state index in [0.717, 1.165) is 12.3 Å². The van der Waals surface area contributed by atoms with Crippen LogP contribution in [0.4, 0.5) is 0 Å². The minimum absolute atomic E-state index is 0.00738. The smallest absolute Gasteiger partial charge is 0.175 e. The molecule has 1 atom stereocenters. The Kier molecular flexibility index (Phi) is 3.33. The van der Waals surface area contributed by atoms with Crippen molar-refractivity contribution in [1.82, 2.24) is 0 Å². The van der Waals surface area contributed by atoms with Crippen LogP contribution in [0, 0.1) is 0 Å². The van der Waals surface area contributed by atoms with Gasteiger partial charge in [-0.3, -0.25) is 0 Å². The number of nitrogens with two attached hydrogens (primary N) is 1. The highest BCUT2D eigenvalue weighted by Crippen LogP contribution is 2.26. The summed E-state index contributed by atoms with van der Waals surface area (Å²) in [7, 11) is -3.35. The van der Waals surface area contributed by atoms with Gasteiger partial charge in [-0.15, -0.1) is 0 Å². The Bertz CT molecular complexity index is 455. The number of phenolic OH excluding ortho intramolecular Hbond substituents is 1. The predicted molar refractivity (Wildman–Crippen MR) is 55.2 cm³/mol. The average molecular weight is 231 g/mol. The number of aliphatic hydroxyl groups excluding tert-OH is 1. The number of aliphatic hydroxyl groups is 1. The SMILES string of the molecule is CS(=O)(=O)c1ccc(C(O)CN)c(O)c1. The lowest BCUT2D eigenvalue weighted by atomic mass is 10.1. The number of phenols is 1. The summed E-state index contributed by atoms with van der Waals surface area (Å²) in [6.07, 6.45) is 0.0551. The number of hydrogen-bond donors (Lipinski definition) is 3. The fourth-order valence-corrected chi connectivity index (χ4v) is 1.80. The Balaban J connectivity index is 3.20. The molecule has 0 aliphatic carbocycles. The molecule has 4 N–H and O–H groups in total. The molecule has 0 spiro atoms. The summed E-state index contributed by atoms with van der Waals surface area (Å²) in [6, 6.07) is 3.77. The van der Waals surface area contributed by atoms with E-state index in [1.54, 1.807) is 0 Å². The summed E-state index contributed by atoms with van der Waals surface area (Å²) in [5, 5.41) is 18.8. The van der Waals surface area contributed by atoms with Gasteiger partial charge in [0.1, 0.15) is 5.75 Å². The minimum Gasteiger partial charge on any atom is -0.508 e. The van der Waals surface area contributed by atoms with Gasteiger partial charge >= 0.3 is 0 Å². The summed E-state index contributed by atoms with van der Waals surface area (Å²) < 4.78 is 22.3. The van der Waals surface area contributed by atoms with Crippen molar-refractivity contribution in [3.8, 4) is 5.75 Å². The van der Waals surface area contributed by atoms with Gasteiger partial charge in [0, 0.05) is 18.4 Å². The molecule has 1 rings (SSSR count). The van der Waals surface area contributed by atoms with Crippen molar-refractivity contribution in [1.29, 1.82) is 0 Å². The lowest BCUT2D eigenvalue weighted by Crippen LogP contribution is -2.11. The van der Waals surface area contributed by atoms with Crippen molar-refractivity contribution in [2.24, 2.45) is 5.73 Å². The summed E-state index contributed by atoms with van der Waals surface area (Å²) in [5.74, 6) is -0.268. The standard InChI is InChI=1S/C9H13NO4S/c1-15(13,14)6-2-3-7(8(11)4-6)9(12)5-10/h2-4,9,11-12H,5,10H2,1H3. The van der Waals surface area contributed by atoms with Crippen LogP contribution in [0.5, 0.6) is 5.75 Å². The number of aromatic hydroxyl groups is 1. The third-order valence-corrected chi connectivity index (χ3v) is 3.12. The molecule has 5 nitrogen and oxygen atoms in total. The first kappa shape index (κ1) is 12.0. The molecule has 1 aromatic rings. The predicted octanol–water partition coefficient (Wildman–Crippen LogP) is -0.212. The third kappa shape index (κ3) is 2.68. The molecule has 6 heteroatoms. The lowest BCUT2D eigenvalue weighted by Gasteiger charge is -2.10. The molecule has 0 radical (unpaired) electrons. The molecular formula is C9H13NO4S. The second kappa shape index (κ2) is 4.18. The molecule has 0 aromatic heterocycles. The average Bonchev–Trinajstić information content (AvgIpc) is 2.15. The molecule has 0 aliphatic heterocycles. The third-order valence-electron chi connectivity index (χ3n) is 2.01. The van der Waals surface area contributed by atoms with Gasteiger partial charge in [0.25, 0.3) is 0 Å². The highest BCUT2D eigenvalue weighted by Gasteiger charge is 2.14. The van der Waals surface area contributed by atoms with Crippen molar-refractivity contribution in [2.45, 2.75) is 11.0 Å². The quantitative estimate of drug-likeness (QED) is 0.668. The van der Waals surface area contributed by atoms with Gasteiger partial charge in [-0.05, 0) is 12.1 Å². The summed E-state index contributed by atoms with van der Waals surface area (Å²) in [6.45, 7) is -0.0359. The molecule has 0 saturated heterocycles. The monoisotopic (exact) mass is 231 g/mol. The van der Waals surface area contributed by atoms with Crippen LogP contribution < -0.4 is 5.73 Å². The number of hydrogen-bond acceptors (Lipinski definition) is 5. The minimum atomic E-state index is -3.35. The maximum absolute atomic E-state index is 11.1. The van der Waals surface area contributed by atoms with E-state index in [1.807, 2.05) is 0 Å². The second-order valence-electron chi connectivity index (χ2n) is 3.24. The zero-order chi connectivity index (χ0) is 11.6. The highest BCUT2D eigenvalue weighted by atomic mass is 32.2. The van der Waals surface area contributed by atoms with Crippen LogP contribution in [-0.2, 0) is 9.84 Å². The van der Waals surface area contributed by atoms with Crippen LogP contribution in [0.3, 0.4) is 0 Å². The van der Waals surface area contributed by atoms with E-state index in [-0.39, 0.29) is 22.8 Å².